The summed E-state index contributed by atoms with van der Waals surface area (Å²) in [6, 6.07) is 5.37. The fraction of sp³-hybridized carbons (Fsp3) is 0.389. The van der Waals surface area contributed by atoms with Crippen molar-refractivity contribution in [1.82, 2.24) is 10.6 Å². The number of rotatable bonds is 7. The Morgan fingerprint density at radius 2 is 1.85 bits per heavy atom. The maximum atomic E-state index is 12.4. The van der Waals surface area contributed by atoms with E-state index >= 15 is 0 Å². The summed E-state index contributed by atoms with van der Waals surface area (Å²) in [4.78, 5) is 36.9. The van der Waals surface area contributed by atoms with Crippen molar-refractivity contribution in [3.05, 3.63) is 41.1 Å². The van der Waals surface area contributed by atoms with E-state index in [2.05, 4.69) is 10.6 Å². The van der Waals surface area contributed by atoms with Crippen molar-refractivity contribution in [3.63, 3.8) is 0 Å². The van der Waals surface area contributed by atoms with Crippen molar-refractivity contribution >= 4 is 28.8 Å². The molecule has 9 heteroatoms. The lowest BCUT2D eigenvalue weighted by Crippen LogP contribution is -2.51. The third kappa shape index (κ3) is 4.94. The highest BCUT2D eigenvalue weighted by Gasteiger charge is 2.32. The van der Waals surface area contributed by atoms with E-state index in [4.69, 9.17) is 9.47 Å². The van der Waals surface area contributed by atoms with Gasteiger partial charge in [0.15, 0.2) is 0 Å². The van der Waals surface area contributed by atoms with E-state index < -0.39 is 34.8 Å². The zero-order valence-corrected chi connectivity index (χ0v) is 16.2. The van der Waals surface area contributed by atoms with E-state index in [9.17, 15) is 18.6 Å². The van der Waals surface area contributed by atoms with E-state index in [-0.39, 0.29) is 30.0 Å². The summed E-state index contributed by atoms with van der Waals surface area (Å²) in [5.74, 6) is -1.28. The first-order chi connectivity index (χ1) is 12.9. The Morgan fingerprint density at radius 3 is 2.48 bits per heavy atom. The molecule has 0 saturated carbocycles. The van der Waals surface area contributed by atoms with Crippen LogP contribution in [0.3, 0.4) is 0 Å². The fourth-order valence-corrected chi connectivity index (χ4v) is 3.41. The van der Waals surface area contributed by atoms with Gasteiger partial charge < -0.3 is 20.1 Å². The third-order valence-corrected chi connectivity index (χ3v) is 4.89. The van der Waals surface area contributed by atoms with E-state index in [1.165, 1.54) is 12.3 Å². The number of benzene rings is 1. The van der Waals surface area contributed by atoms with E-state index in [1.54, 1.807) is 25.1 Å². The van der Waals surface area contributed by atoms with Crippen LogP contribution < -0.4 is 10.6 Å². The van der Waals surface area contributed by atoms with E-state index in [0.717, 1.165) is 0 Å². The quantitative estimate of drug-likeness (QED) is 0.678. The minimum Gasteiger partial charge on any atom is -0.463 e. The highest BCUT2D eigenvalue weighted by Crippen LogP contribution is 2.19. The molecule has 0 spiro atoms. The molecule has 0 bridgehead atoms. The van der Waals surface area contributed by atoms with Gasteiger partial charge in [-0.1, -0.05) is 19.1 Å². The topological polar surface area (TPSA) is 111 Å². The molecular weight excluding hydrogens is 372 g/mol. The Labute approximate surface area is 159 Å². The number of carbonyl (C=O) groups is 3. The number of amides is 2. The fourth-order valence-electron chi connectivity index (χ4n) is 2.68. The highest BCUT2D eigenvalue weighted by atomic mass is 32.2. The smallest absolute Gasteiger partial charge is 0.339 e. The molecule has 2 atom stereocenters. The molecule has 1 aliphatic heterocycles. The molecule has 8 nitrogen and oxygen atoms in total. The molecule has 2 N–H and O–H groups in total. The van der Waals surface area contributed by atoms with Crippen molar-refractivity contribution in [2.24, 2.45) is 0 Å². The van der Waals surface area contributed by atoms with Gasteiger partial charge in [0, 0.05) is 6.26 Å². The van der Waals surface area contributed by atoms with Crippen LogP contribution in [0.25, 0.3) is 0 Å². The maximum Gasteiger partial charge on any atom is 0.339 e. The van der Waals surface area contributed by atoms with Crippen LogP contribution in [-0.2, 0) is 25.1 Å². The van der Waals surface area contributed by atoms with Gasteiger partial charge in [0.1, 0.15) is 6.61 Å². The Morgan fingerprint density at radius 1 is 1.15 bits per heavy atom. The van der Waals surface area contributed by atoms with Crippen molar-refractivity contribution < 1.29 is 28.1 Å². The molecule has 0 saturated heterocycles. The first-order valence-electron chi connectivity index (χ1n) is 8.46. The number of urea groups is 1. The summed E-state index contributed by atoms with van der Waals surface area (Å²) < 4.78 is 22.1. The molecule has 2 rings (SSSR count). The first-order valence-corrected chi connectivity index (χ1v) is 10.0. The van der Waals surface area contributed by atoms with Crippen LogP contribution in [0.1, 0.15) is 30.6 Å². The molecule has 0 fully saturated rings. The molecule has 1 aliphatic rings. The molecule has 0 aliphatic carbocycles. The molecule has 0 aromatic heterocycles. The number of hydrogen-bond acceptors (Lipinski definition) is 6. The second kappa shape index (κ2) is 9.31. The van der Waals surface area contributed by atoms with Gasteiger partial charge in [-0.3, -0.25) is 4.21 Å². The standard InChI is InChI=1S/C18H22N2O6S/c1-4-12-15(17(22)25-5-2)13(20-18(23)19-12)10-26-16(21)11-8-6-7-9-14(11)27(3)24/h6-9,12H,4-5,10H2,1-3H3,(H2,19,20,23)/t12-,27-/m0/s1. The Hall–Kier alpha value is -2.68. The summed E-state index contributed by atoms with van der Waals surface area (Å²) in [7, 11) is -1.37. The molecule has 0 unspecified atom stereocenters. The number of carbonyl (C=O) groups excluding carboxylic acids is 3. The summed E-state index contributed by atoms with van der Waals surface area (Å²) in [5, 5.41) is 5.15. The van der Waals surface area contributed by atoms with Gasteiger partial charge in [0.2, 0.25) is 0 Å². The van der Waals surface area contributed by atoms with Crippen molar-refractivity contribution in [2.75, 3.05) is 19.5 Å². The first kappa shape index (κ1) is 20.6. The number of hydrogen-bond donors (Lipinski definition) is 2. The van der Waals surface area contributed by atoms with Crippen LogP contribution in [0.15, 0.2) is 40.4 Å². The van der Waals surface area contributed by atoms with Crippen LogP contribution in [0.4, 0.5) is 4.79 Å². The lowest BCUT2D eigenvalue weighted by Gasteiger charge is -2.28. The number of nitrogens with one attached hydrogen (secondary N) is 2. The zero-order chi connectivity index (χ0) is 20.0. The SMILES string of the molecule is CCOC(=O)C1=C(COC(=O)c2ccccc2[S@](C)=O)NC(=O)N[C@H]1CC. The molecule has 1 heterocycles. The summed E-state index contributed by atoms with van der Waals surface area (Å²) >= 11 is 0. The Kier molecular flexibility index (Phi) is 7.12. The van der Waals surface area contributed by atoms with Crippen LogP contribution in [0, 0.1) is 0 Å². The summed E-state index contributed by atoms with van der Waals surface area (Å²) in [5.41, 5.74) is 0.565. The van der Waals surface area contributed by atoms with Gasteiger partial charge in [-0.2, -0.15) is 0 Å². The zero-order valence-electron chi connectivity index (χ0n) is 15.4. The van der Waals surface area contributed by atoms with Gasteiger partial charge in [-0.05, 0) is 25.5 Å². The lowest BCUT2D eigenvalue weighted by molar-refractivity contribution is -0.139. The average Bonchev–Trinajstić information content (AvgIpc) is 2.65. The number of ether oxygens (including phenoxy) is 2. The van der Waals surface area contributed by atoms with Gasteiger partial charge in [-0.15, -0.1) is 0 Å². The predicted octanol–water partition coefficient (Wildman–Crippen LogP) is 1.49. The minimum absolute atomic E-state index is 0.170. The predicted molar refractivity (Wildman–Crippen MR) is 98.5 cm³/mol. The second-order valence-electron chi connectivity index (χ2n) is 5.70. The van der Waals surface area contributed by atoms with Crippen molar-refractivity contribution in [2.45, 2.75) is 31.2 Å². The molecule has 1 aromatic carbocycles. The minimum atomic E-state index is -1.37. The van der Waals surface area contributed by atoms with Crippen LogP contribution in [0.5, 0.6) is 0 Å². The Balaban J connectivity index is 2.27. The molecule has 2 amide bonds. The Bertz CT molecular complexity index is 805. The number of esters is 2. The highest BCUT2D eigenvalue weighted by molar-refractivity contribution is 7.84. The molecule has 1 aromatic rings. The van der Waals surface area contributed by atoms with Gasteiger partial charge in [0.05, 0.1) is 45.2 Å². The maximum absolute atomic E-state index is 12.4. The summed E-state index contributed by atoms with van der Waals surface area (Å²) in [6.45, 7) is 3.35. The van der Waals surface area contributed by atoms with Gasteiger partial charge >= 0.3 is 18.0 Å². The van der Waals surface area contributed by atoms with Gasteiger partial charge in [0.25, 0.3) is 0 Å². The largest absolute Gasteiger partial charge is 0.463 e. The van der Waals surface area contributed by atoms with Crippen LogP contribution >= 0.6 is 0 Å². The average molecular weight is 394 g/mol. The third-order valence-electron chi connectivity index (χ3n) is 3.91. The van der Waals surface area contributed by atoms with Crippen molar-refractivity contribution in [1.29, 1.82) is 0 Å². The van der Waals surface area contributed by atoms with Crippen LogP contribution in [0.2, 0.25) is 0 Å². The summed E-state index contributed by atoms with van der Waals surface area (Å²) in [6.07, 6.45) is 1.93. The normalized spacial score (nSPS) is 17.6. The van der Waals surface area contributed by atoms with Gasteiger partial charge in [-0.25, -0.2) is 14.4 Å². The lowest BCUT2D eigenvalue weighted by atomic mass is 10.0. The van der Waals surface area contributed by atoms with E-state index in [0.29, 0.717) is 11.3 Å². The van der Waals surface area contributed by atoms with E-state index in [1.807, 2.05) is 6.92 Å². The van der Waals surface area contributed by atoms with Crippen molar-refractivity contribution in [3.8, 4) is 0 Å². The molecule has 146 valence electrons. The molecular formula is C18H22N2O6S. The monoisotopic (exact) mass is 394 g/mol. The molecule has 27 heavy (non-hydrogen) atoms. The second-order valence-corrected chi connectivity index (χ2v) is 7.05. The van der Waals surface area contributed by atoms with Crippen LogP contribution in [-0.4, -0.2) is 47.7 Å². The molecule has 0 radical (unpaired) electrons.